The van der Waals surface area contributed by atoms with E-state index >= 15 is 0 Å². The second-order valence-corrected chi connectivity index (χ2v) is 6.33. The van der Waals surface area contributed by atoms with E-state index in [0.717, 1.165) is 0 Å². The van der Waals surface area contributed by atoms with Crippen LogP contribution in [-0.2, 0) is 0 Å². The van der Waals surface area contributed by atoms with E-state index in [4.69, 9.17) is 0 Å². The highest BCUT2D eigenvalue weighted by atomic mass is 19.3. The van der Waals surface area contributed by atoms with Gasteiger partial charge in [0.25, 0.3) is 5.91 Å². The summed E-state index contributed by atoms with van der Waals surface area (Å²) in [7, 11) is 0. The Balaban J connectivity index is 1.82. The van der Waals surface area contributed by atoms with Gasteiger partial charge < -0.3 is 4.90 Å². The minimum Gasteiger partial charge on any atom is -0.307 e. The molecule has 0 aliphatic heterocycles. The van der Waals surface area contributed by atoms with Crippen molar-refractivity contribution < 1.29 is 13.6 Å². The van der Waals surface area contributed by atoms with Gasteiger partial charge in [0.05, 0.1) is 35.9 Å². The third-order valence-electron chi connectivity index (χ3n) is 4.75. The summed E-state index contributed by atoms with van der Waals surface area (Å²) in [5.41, 5.74) is 1.85. The van der Waals surface area contributed by atoms with Gasteiger partial charge in [-0.3, -0.25) is 9.48 Å². The molecular weight excluding hydrogens is 328 g/mol. The molecule has 0 saturated heterocycles. The number of amides is 1. The minimum atomic E-state index is -2.58. The summed E-state index contributed by atoms with van der Waals surface area (Å²) < 4.78 is 28.5. The molecule has 0 N–H and O–H groups in total. The molecule has 0 atom stereocenters. The van der Waals surface area contributed by atoms with E-state index in [-0.39, 0.29) is 24.8 Å². The lowest BCUT2D eigenvalue weighted by Crippen LogP contribution is -2.31. The van der Waals surface area contributed by atoms with Gasteiger partial charge in [0.1, 0.15) is 0 Å². The zero-order chi connectivity index (χ0) is 18.0. The second-order valence-electron chi connectivity index (χ2n) is 6.33. The molecule has 2 heterocycles. The summed E-state index contributed by atoms with van der Waals surface area (Å²) in [6, 6.07) is 1.64. The van der Waals surface area contributed by atoms with Gasteiger partial charge in [-0.1, -0.05) is 0 Å². The number of hydrogen-bond acceptors (Lipinski definition) is 4. The van der Waals surface area contributed by atoms with Gasteiger partial charge >= 0.3 is 0 Å². The van der Waals surface area contributed by atoms with Crippen molar-refractivity contribution in [2.75, 3.05) is 11.4 Å². The normalized spacial score (nSPS) is 17.4. The number of carbonyl (C=O) groups is 1. The fourth-order valence-electron chi connectivity index (χ4n) is 3.30. The van der Waals surface area contributed by atoms with E-state index < -0.39 is 5.92 Å². The van der Waals surface area contributed by atoms with E-state index in [1.807, 2.05) is 13.8 Å². The number of aromatic nitrogens is 4. The topological polar surface area (TPSA) is 63.9 Å². The molecule has 0 unspecified atom stereocenters. The van der Waals surface area contributed by atoms with Gasteiger partial charge in [0.2, 0.25) is 5.92 Å². The number of anilines is 1. The highest BCUT2D eigenvalue weighted by Gasteiger charge is 2.36. The van der Waals surface area contributed by atoms with Gasteiger partial charge in [-0.2, -0.15) is 15.3 Å². The molecule has 6 nitrogen and oxygen atoms in total. The van der Waals surface area contributed by atoms with Crippen molar-refractivity contribution in [1.29, 1.82) is 0 Å². The van der Waals surface area contributed by atoms with E-state index in [9.17, 15) is 13.6 Å². The molecule has 2 aromatic heterocycles. The largest absolute Gasteiger partial charge is 0.307 e. The number of alkyl halides is 2. The van der Waals surface area contributed by atoms with Gasteiger partial charge in [-0.25, -0.2) is 8.78 Å². The van der Waals surface area contributed by atoms with Crippen molar-refractivity contribution in [1.82, 2.24) is 20.0 Å². The van der Waals surface area contributed by atoms with Gasteiger partial charge in [0.15, 0.2) is 0 Å². The van der Waals surface area contributed by atoms with Crippen molar-refractivity contribution in [3.8, 4) is 0 Å². The lowest BCUT2D eigenvalue weighted by molar-refractivity contribution is -0.0451. The minimum absolute atomic E-state index is 0.0844. The van der Waals surface area contributed by atoms with Crippen molar-refractivity contribution in [3.63, 3.8) is 0 Å². The summed E-state index contributed by atoms with van der Waals surface area (Å²) in [4.78, 5) is 14.5. The van der Waals surface area contributed by atoms with E-state index in [2.05, 4.69) is 15.3 Å². The molecule has 1 fully saturated rings. The highest BCUT2D eigenvalue weighted by molar-refractivity contribution is 6.06. The predicted molar refractivity (Wildman–Crippen MR) is 88.8 cm³/mol. The molecule has 8 heteroatoms. The van der Waals surface area contributed by atoms with Crippen LogP contribution in [0, 0.1) is 6.92 Å². The lowest BCUT2D eigenvalue weighted by Gasteiger charge is -2.29. The molecule has 25 heavy (non-hydrogen) atoms. The molecule has 134 valence electrons. The highest BCUT2D eigenvalue weighted by Crippen LogP contribution is 2.38. The molecule has 3 rings (SSSR count). The average Bonchev–Trinajstić information content (AvgIpc) is 2.98. The molecule has 0 spiro atoms. The van der Waals surface area contributed by atoms with Crippen molar-refractivity contribution in [2.45, 2.75) is 51.5 Å². The van der Waals surface area contributed by atoms with Crippen LogP contribution < -0.4 is 4.90 Å². The zero-order valence-electron chi connectivity index (χ0n) is 14.3. The lowest BCUT2D eigenvalue weighted by atomic mass is 9.92. The van der Waals surface area contributed by atoms with Crippen LogP contribution in [0.5, 0.6) is 0 Å². The first kappa shape index (κ1) is 17.4. The summed E-state index contributed by atoms with van der Waals surface area (Å²) in [5, 5.41) is 11.8. The third-order valence-corrected chi connectivity index (χ3v) is 4.75. The summed E-state index contributed by atoms with van der Waals surface area (Å²) in [6.07, 6.45) is 5.06. The average molecular weight is 349 g/mol. The Morgan fingerprint density at radius 2 is 2.04 bits per heavy atom. The number of rotatable bonds is 4. The van der Waals surface area contributed by atoms with Crippen molar-refractivity contribution in [3.05, 3.63) is 35.9 Å². The molecule has 0 radical (unpaired) electrons. The molecule has 1 aliphatic rings. The number of nitrogens with zero attached hydrogens (tertiary/aromatic N) is 5. The Kier molecular flexibility index (Phi) is 4.78. The maximum Gasteiger partial charge on any atom is 0.261 e. The number of halogens is 2. The van der Waals surface area contributed by atoms with Crippen LogP contribution in [-0.4, -0.2) is 38.4 Å². The first-order valence-corrected chi connectivity index (χ1v) is 8.43. The number of hydrogen-bond donors (Lipinski definition) is 0. The summed E-state index contributed by atoms with van der Waals surface area (Å²) in [6.45, 7) is 4.16. The smallest absolute Gasteiger partial charge is 0.261 e. The Bertz CT molecular complexity index is 737. The van der Waals surface area contributed by atoms with E-state index in [1.54, 1.807) is 15.6 Å². The standard InChI is InChI=1S/C17H21F2N5O/c1-3-23(14-6-9-20-21-10-14)16(25)15-11-22-24(12(15)2)13-4-7-17(18,19)8-5-13/h6,9-11,13H,3-5,7-8H2,1-2H3. The predicted octanol–water partition coefficient (Wildman–Crippen LogP) is 3.40. The van der Waals surface area contributed by atoms with Gasteiger partial charge in [-0.15, -0.1) is 0 Å². The molecular formula is C17H21F2N5O. The number of carbonyl (C=O) groups excluding carboxylic acids is 1. The van der Waals surface area contributed by atoms with Crippen LogP contribution in [0.15, 0.2) is 24.7 Å². The van der Waals surface area contributed by atoms with E-state index in [0.29, 0.717) is 36.3 Å². The van der Waals surface area contributed by atoms with Crippen LogP contribution >= 0.6 is 0 Å². The van der Waals surface area contributed by atoms with Crippen molar-refractivity contribution >= 4 is 11.6 Å². The van der Waals surface area contributed by atoms with E-state index in [1.165, 1.54) is 18.6 Å². The van der Waals surface area contributed by atoms with Crippen LogP contribution in [0.4, 0.5) is 14.5 Å². The molecule has 0 bridgehead atoms. The Labute approximate surface area is 144 Å². The quantitative estimate of drug-likeness (QED) is 0.849. The summed E-state index contributed by atoms with van der Waals surface area (Å²) in [5.74, 6) is -2.76. The zero-order valence-corrected chi connectivity index (χ0v) is 14.3. The molecule has 1 amide bonds. The SMILES string of the molecule is CCN(C(=O)c1cnn(C2CCC(F)(F)CC2)c1C)c1ccnnc1. The van der Waals surface area contributed by atoms with Crippen LogP contribution in [0.1, 0.15) is 54.7 Å². The second kappa shape index (κ2) is 6.85. The van der Waals surface area contributed by atoms with Gasteiger partial charge in [0, 0.05) is 25.1 Å². The maximum absolute atomic E-state index is 13.4. The van der Waals surface area contributed by atoms with Gasteiger partial charge in [-0.05, 0) is 32.8 Å². The molecule has 2 aromatic rings. The first-order chi connectivity index (χ1) is 11.9. The fourth-order valence-corrected chi connectivity index (χ4v) is 3.30. The van der Waals surface area contributed by atoms with Crippen LogP contribution in [0.2, 0.25) is 0 Å². The summed E-state index contributed by atoms with van der Waals surface area (Å²) >= 11 is 0. The third kappa shape index (κ3) is 3.52. The van der Waals surface area contributed by atoms with Crippen molar-refractivity contribution in [2.24, 2.45) is 0 Å². The first-order valence-electron chi connectivity index (χ1n) is 8.43. The monoisotopic (exact) mass is 349 g/mol. The van der Waals surface area contributed by atoms with Crippen LogP contribution in [0.3, 0.4) is 0 Å². The maximum atomic E-state index is 13.4. The fraction of sp³-hybridized carbons (Fsp3) is 0.529. The molecule has 1 saturated carbocycles. The molecule has 0 aromatic carbocycles. The Morgan fingerprint density at radius 1 is 1.32 bits per heavy atom. The Morgan fingerprint density at radius 3 is 2.64 bits per heavy atom. The molecule has 1 aliphatic carbocycles. The van der Waals surface area contributed by atoms with Crippen LogP contribution in [0.25, 0.3) is 0 Å². The Hall–Kier alpha value is -2.38.